The molecule has 36 heavy (non-hydrogen) atoms. The lowest BCUT2D eigenvalue weighted by atomic mass is 10.2. The van der Waals surface area contributed by atoms with Crippen LogP contribution in [0.25, 0.3) is 16.9 Å². The summed E-state index contributed by atoms with van der Waals surface area (Å²) in [6.07, 6.45) is 6.44. The van der Waals surface area contributed by atoms with Crippen molar-refractivity contribution in [1.29, 1.82) is 0 Å². The molecular weight excluding hydrogens is 467 g/mol. The number of rotatable bonds is 5. The zero-order chi connectivity index (χ0) is 25.3. The van der Waals surface area contributed by atoms with Gasteiger partial charge in [-0.2, -0.15) is 0 Å². The van der Waals surface area contributed by atoms with E-state index in [1.807, 2.05) is 20.8 Å². The lowest BCUT2D eigenvalue weighted by molar-refractivity contribution is 0.0274. The van der Waals surface area contributed by atoms with Gasteiger partial charge in [-0.1, -0.05) is 0 Å². The van der Waals surface area contributed by atoms with E-state index >= 15 is 0 Å². The normalized spacial score (nSPS) is 15.8. The Morgan fingerprint density at radius 2 is 1.92 bits per heavy atom. The summed E-state index contributed by atoms with van der Waals surface area (Å²) < 4.78 is 27.0. The van der Waals surface area contributed by atoms with Crippen molar-refractivity contribution in [2.24, 2.45) is 0 Å². The second-order valence-corrected chi connectivity index (χ2v) is 9.29. The van der Waals surface area contributed by atoms with Crippen molar-refractivity contribution in [3.05, 3.63) is 54.9 Å². The molecule has 11 nitrogen and oxygen atoms in total. The number of anilines is 2. The number of nitrogens with zero attached hydrogens (tertiary/aromatic N) is 7. The van der Waals surface area contributed by atoms with Crippen LogP contribution in [0.5, 0.6) is 5.88 Å². The van der Waals surface area contributed by atoms with Crippen LogP contribution in [0.3, 0.4) is 0 Å². The van der Waals surface area contributed by atoms with Gasteiger partial charge in [-0.25, -0.2) is 33.6 Å². The molecule has 4 aromatic rings. The quantitative estimate of drug-likeness (QED) is 0.443. The van der Waals surface area contributed by atoms with E-state index in [1.54, 1.807) is 40.1 Å². The molecule has 12 heteroatoms. The molecule has 1 unspecified atom stereocenters. The number of fused-ring (bicyclic) bond motifs is 1. The maximum Gasteiger partial charge on any atom is 0.410 e. The summed E-state index contributed by atoms with van der Waals surface area (Å²) in [6.45, 7) is 6.49. The summed E-state index contributed by atoms with van der Waals surface area (Å²) in [5.41, 5.74) is 1.40. The maximum absolute atomic E-state index is 13.8. The molecule has 5 heterocycles. The number of aromatic nitrogens is 6. The molecule has 4 aromatic heterocycles. The summed E-state index contributed by atoms with van der Waals surface area (Å²) in [5.74, 6) is 0.154. The average Bonchev–Trinajstić information content (AvgIpc) is 3.47. The molecule has 0 aromatic carbocycles. The monoisotopic (exact) mass is 492 g/mol. The fourth-order valence-electron chi connectivity index (χ4n) is 3.71. The number of pyridine rings is 1. The van der Waals surface area contributed by atoms with Crippen LogP contribution in [-0.4, -0.2) is 65.3 Å². The average molecular weight is 493 g/mol. The summed E-state index contributed by atoms with van der Waals surface area (Å²) in [7, 11) is 0. The number of carbonyl (C=O) groups excluding carboxylic acids is 1. The number of imidazole rings is 1. The SMILES string of the molecule is CC(C)(C)OC(=O)N1CCC(Oc2ccc3ncc(-c4cnc(Nc5ncccc5F)nc4)n3n2)C1. The third-order valence-corrected chi connectivity index (χ3v) is 5.36. The van der Waals surface area contributed by atoms with Gasteiger partial charge in [0.25, 0.3) is 0 Å². The summed E-state index contributed by atoms with van der Waals surface area (Å²) >= 11 is 0. The van der Waals surface area contributed by atoms with Gasteiger partial charge in [0.05, 0.1) is 18.4 Å². The predicted octanol–water partition coefficient (Wildman–Crippen LogP) is 3.85. The first-order chi connectivity index (χ1) is 17.2. The van der Waals surface area contributed by atoms with Gasteiger partial charge in [0.1, 0.15) is 11.7 Å². The van der Waals surface area contributed by atoms with Crippen LogP contribution in [0.2, 0.25) is 0 Å². The number of ether oxygens (including phenoxy) is 2. The molecule has 0 saturated carbocycles. The molecule has 5 rings (SSSR count). The highest BCUT2D eigenvalue weighted by molar-refractivity contribution is 5.68. The summed E-state index contributed by atoms with van der Waals surface area (Å²) in [4.78, 5) is 30.8. The van der Waals surface area contributed by atoms with Crippen LogP contribution in [-0.2, 0) is 4.74 Å². The topological polar surface area (TPSA) is 120 Å². The fraction of sp³-hybridized carbons (Fsp3) is 0.333. The molecule has 1 fully saturated rings. The minimum absolute atomic E-state index is 0.0423. The summed E-state index contributed by atoms with van der Waals surface area (Å²) in [6, 6.07) is 6.35. The first-order valence-electron chi connectivity index (χ1n) is 11.4. The van der Waals surface area contributed by atoms with E-state index in [9.17, 15) is 9.18 Å². The highest BCUT2D eigenvalue weighted by atomic mass is 19.1. The molecule has 1 atom stereocenters. The Labute approximate surface area is 206 Å². The molecule has 186 valence electrons. The Morgan fingerprint density at radius 3 is 2.67 bits per heavy atom. The number of hydrogen-bond acceptors (Lipinski definition) is 9. The molecule has 1 aliphatic heterocycles. The Hall–Kier alpha value is -4.35. The zero-order valence-corrected chi connectivity index (χ0v) is 20.1. The first-order valence-corrected chi connectivity index (χ1v) is 11.4. The van der Waals surface area contributed by atoms with Crippen molar-refractivity contribution < 1.29 is 18.7 Å². The Bertz CT molecular complexity index is 1390. The van der Waals surface area contributed by atoms with E-state index in [0.717, 1.165) is 0 Å². The fourth-order valence-corrected chi connectivity index (χ4v) is 3.71. The predicted molar refractivity (Wildman–Crippen MR) is 128 cm³/mol. The molecule has 0 spiro atoms. The van der Waals surface area contributed by atoms with Crippen LogP contribution >= 0.6 is 0 Å². The van der Waals surface area contributed by atoms with Crippen LogP contribution in [0.1, 0.15) is 27.2 Å². The van der Waals surface area contributed by atoms with Gasteiger partial charge in [-0.05, 0) is 39.0 Å². The third kappa shape index (κ3) is 5.16. The largest absolute Gasteiger partial charge is 0.471 e. The van der Waals surface area contributed by atoms with Crippen LogP contribution in [0.4, 0.5) is 21.0 Å². The minimum Gasteiger partial charge on any atom is -0.471 e. The number of nitrogens with one attached hydrogen (secondary N) is 1. The second kappa shape index (κ2) is 9.36. The Morgan fingerprint density at radius 1 is 1.11 bits per heavy atom. The van der Waals surface area contributed by atoms with E-state index in [4.69, 9.17) is 9.47 Å². The molecule has 0 bridgehead atoms. The highest BCUT2D eigenvalue weighted by Crippen LogP contribution is 2.23. The van der Waals surface area contributed by atoms with E-state index < -0.39 is 11.4 Å². The van der Waals surface area contributed by atoms with Gasteiger partial charge in [0, 0.05) is 43.2 Å². The van der Waals surface area contributed by atoms with Gasteiger partial charge in [-0.3, -0.25) is 0 Å². The van der Waals surface area contributed by atoms with Crippen molar-refractivity contribution in [1.82, 2.24) is 34.4 Å². The van der Waals surface area contributed by atoms with Crippen molar-refractivity contribution in [2.75, 3.05) is 18.4 Å². The van der Waals surface area contributed by atoms with Crippen LogP contribution in [0.15, 0.2) is 49.1 Å². The lowest BCUT2D eigenvalue weighted by Gasteiger charge is -2.24. The number of amides is 1. The number of halogens is 1. The van der Waals surface area contributed by atoms with Gasteiger partial charge in [0.2, 0.25) is 11.8 Å². The molecule has 1 saturated heterocycles. The number of hydrogen-bond donors (Lipinski definition) is 1. The lowest BCUT2D eigenvalue weighted by Crippen LogP contribution is -2.36. The Kier molecular flexibility index (Phi) is 6.08. The minimum atomic E-state index is -0.549. The van der Waals surface area contributed by atoms with Crippen molar-refractivity contribution >= 4 is 23.5 Å². The Balaban J connectivity index is 1.29. The molecule has 1 aliphatic rings. The third-order valence-electron chi connectivity index (χ3n) is 5.36. The molecular formula is C24H25FN8O3. The van der Waals surface area contributed by atoms with E-state index in [0.29, 0.717) is 42.3 Å². The van der Waals surface area contributed by atoms with Gasteiger partial charge >= 0.3 is 6.09 Å². The van der Waals surface area contributed by atoms with Crippen molar-refractivity contribution in [2.45, 2.75) is 38.9 Å². The molecule has 1 amide bonds. The second-order valence-electron chi connectivity index (χ2n) is 9.29. The standard InChI is InChI=1S/C24H25FN8O3/c1-24(2,3)36-23(34)32-10-8-16(14-32)35-20-7-6-19-27-13-18(33(19)31-20)15-11-28-22(29-12-15)30-21-17(25)5-4-9-26-21/h4-7,9,11-13,16H,8,10,14H2,1-3H3,(H,26,28,29,30). The number of carbonyl (C=O) groups is 1. The maximum atomic E-state index is 13.8. The van der Waals surface area contributed by atoms with E-state index in [-0.39, 0.29) is 24.0 Å². The van der Waals surface area contributed by atoms with E-state index in [1.165, 1.54) is 18.3 Å². The number of likely N-dealkylation sites (tertiary alicyclic amines) is 1. The van der Waals surface area contributed by atoms with Crippen molar-refractivity contribution in [3.8, 4) is 17.1 Å². The molecule has 1 N–H and O–H groups in total. The smallest absolute Gasteiger partial charge is 0.410 e. The van der Waals surface area contributed by atoms with Crippen LogP contribution < -0.4 is 10.1 Å². The zero-order valence-electron chi connectivity index (χ0n) is 20.1. The van der Waals surface area contributed by atoms with E-state index in [2.05, 4.69) is 30.4 Å². The van der Waals surface area contributed by atoms with Crippen molar-refractivity contribution in [3.63, 3.8) is 0 Å². The molecule has 0 radical (unpaired) electrons. The van der Waals surface area contributed by atoms with Gasteiger partial charge in [-0.15, -0.1) is 5.10 Å². The molecule has 0 aliphatic carbocycles. The highest BCUT2D eigenvalue weighted by Gasteiger charge is 2.31. The van der Waals surface area contributed by atoms with Gasteiger partial charge in [0.15, 0.2) is 17.3 Å². The summed E-state index contributed by atoms with van der Waals surface area (Å²) in [5, 5.41) is 7.32. The first kappa shape index (κ1) is 23.4. The van der Waals surface area contributed by atoms with Gasteiger partial charge < -0.3 is 19.7 Å². The van der Waals surface area contributed by atoms with Crippen LogP contribution in [0, 0.1) is 5.82 Å².